The van der Waals surface area contributed by atoms with E-state index in [0.717, 1.165) is 5.56 Å². The van der Waals surface area contributed by atoms with Crippen molar-refractivity contribution < 1.29 is 13.2 Å². The molecule has 0 aliphatic carbocycles. The normalized spacial score (nSPS) is 13.8. The van der Waals surface area contributed by atoms with Crippen molar-refractivity contribution in [1.29, 1.82) is 0 Å². The molecule has 0 aliphatic rings. The van der Waals surface area contributed by atoms with Crippen LogP contribution in [-0.4, -0.2) is 12.7 Å². The third kappa shape index (κ3) is 5.64. The molecule has 1 aromatic rings. The van der Waals surface area contributed by atoms with E-state index in [9.17, 15) is 13.2 Å². The van der Waals surface area contributed by atoms with Crippen LogP contribution in [0.15, 0.2) is 24.3 Å². The fourth-order valence-electron chi connectivity index (χ4n) is 2.05. The third-order valence-corrected chi connectivity index (χ3v) is 3.17. The van der Waals surface area contributed by atoms with Crippen molar-refractivity contribution in [1.82, 2.24) is 5.32 Å². The first kappa shape index (κ1) is 16.0. The van der Waals surface area contributed by atoms with Gasteiger partial charge < -0.3 is 5.32 Å². The fraction of sp³-hybridized carbons (Fsp3) is 0.600. The Morgan fingerprint density at radius 2 is 1.58 bits per heavy atom. The molecule has 1 N–H and O–H groups in total. The third-order valence-electron chi connectivity index (χ3n) is 3.17. The summed E-state index contributed by atoms with van der Waals surface area (Å²) in [4.78, 5) is 0. The number of halogens is 3. The van der Waals surface area contributed by atoms with Gasteiger partial charge in [0.1, 0.15) is 0 Å². The summed E-state index contributed by atoms with van der Waals surface area (Å²) in [5, 5.41) is 3.12. The summed E-state index contributed by atoms with van der Waals surface area (Å²) >= 11 is 0. The second kappa shape index (κ2) is 6.94. The summed E-state index contributed by atoms with van der Waals surface area (Å²) in [5.41, 5.74) is 2.13. The zero-order chi connectivity index (χ0) is 14.5. The largest absolute Gasteiger partial charge is 0.389 e. The topological polar surface area (TPSA) is 12.0 Å². The summed E-state index contributed by atoms with van der Waals surface area (Å²) in [5.74, 6) is 0.432. The van der Waals surface area contributed by atoms with Crippen LogP contribution in [0.25, 0.3) is 0 Å². The summed E-state index contributed by atoms with van der Waals surface area (Å²) in [6, 6.07) is 7.63. The van der Waals surface area contributed by atoms with Gasteiger partial charge in [0.15, 0.2) is 0 Å². The second-order valence-corrected chi connectivity index (χ2v) is 5.09. The van der Waals surface area contributed by atoms with E-state index < -0.39 is 12.6 Å². The lowest BCUT2D eigenvalue weighted by molar-refractivity contribution is -0.136. The smallest absolute Gasteiger partial charge is 0.310 e. The van der Waals surface area contributed by atoms with Crippen LogP contribution in [0.3, 0.4) is 0 Å². The highest BCUT2D eigenvalue weighted by molar-refractivity contribution is 5.26. The van der Waals surface area contributed by atoms with Crippen LogP contribution in [-0.2, 0) is 0 Å². The van der Waals surface area contributed by atoms with Gasteiger partial charge in [-0.1, -0.05) is 45.0 Å². The van der Waals surface area contributed by atoms with Crippen molar-refractivity contribution in [2.45, 2.75) is 51.7 Å². The van der Waals surface area contributed by atoms with Crippen LogP contribution >= 0.6 is 0 Å². The van der Waals surface area contributed by atoms with Gasteiger partial charge in [-0.15, -0.1) is 0 Å². The first-order valence-electron chi connectivity index (χ1n) is 6.73. The Balaban J connectivity index is 2.75. The van der Waals surface area contributed by atoms with Gasteiger partial charge in [-0.3, -0.25) is 0 Å². The van der Waals surface area contributed by atoms with Crippen LogP contribution in [0.4, 0.5) is 13.2 Å². The van der Waals surface area contributed by atoms with E-state index in [-0.39, 0.29) is 12.5 Å². The van der Waals surface area contributed by atoms with Crippen LogP contribution in [0.1, 0.15) is 56.7 Å². The standard InChI is InChI=1S/C15H22F3N/c1-4-19-14(9-10-15(16,17)18)13-7-5-12(6-8-13)11(2)3/h5-8,11,14,19H,4,9-10H2,1-3H3. The highest BCUT2D eigenvalue weighted by atomic mass is 19.4. The van der Waals surface area contributed by atoms with E-state index >= 15 is 0 Å². The van der Waals surface area contributed by atoms with Crippen LogP contribution in [0.2, 0.25) is 0 Å². The number of hydrogen-bond acceptors (Lipinski definition) is 1. The average molecular weight is 273 g/mol. The molecule has 0 fully saturated rings. The molecule has 1 unspecified atom stereocenters. The lowest BCUT2D eigenvalue weighted by Gasteiger charge is -2.20. The van der Waals surface area contributed by atoms with Crippen LogP contribution < -0.4 is 5.32 Å². The molecule has 0 amide bonds. The molecule has 1 aromatic carbocycles. The highest BCUT2D eigenvalue weighted by Gasteiger charge is 2.28. The summed E-state index contributed by atoms with van der Waals surface area (Å²) in [6.07, 6.45) is -4.76. The molecule has 0 bridgehead atoms. The maximum atomic E-state index is 12.3. The number of alkyl halides is 3. The molecule has 108 valence electrons. The molecular formula is C15H22F3N. The van der Waals surface area contributed by atoms with Gasteiger partial charge in [0, 0.05) is 12.5 Å². The first-order valence-corrected chi connectivity index (χ1v) is 6.73. The number of benzene rings is 1. The number of hydrogen-bond donors (Lipinski definition) is 1. The van der Waals surface area contributed by atoms with Gasteiger partial charge in [-0.05, 0) is 30.0 Å². The molecule has 0 spiro atoms. The van der Waals surface area contributed by atoms with E-state index in [1.54, 1.807) is 0 Å². The number of nitrogens with one attached hydrogen (secondary N) is 1. The average Bonchev–Trinajstić information content (AvgIpc) is 2.33. The zero-order valence-electron chi connectivity index (χ0n) is 11.7. The minimum atomic E-state index is -4.09. The van der Waals surface area contributed by atoms with Gasteiger partial charge in [-0.2, -0.15) is 13.2 Å². The summed E-state index contributed by atoms with van der Waals surface area (Å²) in [6.45, 7) is 6.76. The lowest BCUT2D eigenvalue weighted by Crippen LogP contribution is -2.23. The Hall–Kier alpha value is -1.03. The summed E-state index contributed by atoms with van der Waals surface area (Å²) in [7, 11) is 0. The van der Waals surface area contributed by atoms with E-state index in [4.69, 9.17) is 0 Å². The van der Waals surface area contributed by atoms with E-state index in [0.29, 0.717) is 12.5 Å². The minimum absolute atomic E-state index is 0.0817. The monoisotopic (exact) mass is 273 g/mol. The van der Waals surface area contributed by atoms with Crippen LogP contribution in [0, 0.1) is 0 Å². The van der Waals surface area contributed by atoms with Gasteiger partial charge in [0.25, 0.3) is 0 Å². The SMILES string of the molecule is CCNC(CCC(F)(F)F)c1ccc(C(C)C)cc1. The van der Waals surface area contributed by atoms with Gasteiger partial charge in [0.05, 0.1) is 0 Å². The first-order chi connectivity index (χ1) is 8.83. The number of rotatable bonds is 6. The van der Waals surface area contributed by atoms with E-state index in [2.05, 4.69) is 19.2 Å². The van der Waals surface area contributed by atoms with Crippen molar-refractivity contribution in [3.63, 3.8) is 0 Å². The quantitative estimate of drug-likeness (QED) is 0.784. The molecule has 0 aliphatic heterocycles. The second-order valence-electron chi connectivity index (χ2n) is 5.09. The Morgan fingerprint density at radius 1 is 1.05 bits per heavy atom. The Morgan fingerprint density at radius 3 is 2.00 bits per heavy atom. The fourth-order valence-corrected chi connectivity index (χ4v) is 2.05. The van der Waals surface area contributed by atoms with Crippen molar-refractivity contribution in [2.24, 2.45) is 0 Å². The van der Waals surface area contributed by atoms with Crippen molar-refractivity contribution in [2.75, 3.05) is 6.54 Å². The molecule has 19 heavy (non-hydrogen) atoms. The van der Waals surface area contributed by atoms with E-state index in [1.807, 2.05) is 31.2 Å². The molecule has 0 heterocycles. The van der Waals surface area contributed by atoms with Crippen LogP contribution in [0.5, 0.6) is 0 Å². The molecular weight excluding hydrogens is 251 g/mol. The molecule has 1 rings (SSSR count). The van der Waals surface area contributed by atoms with Crippen molar-refractivity contribution in [3.8, 4) is 0 Å². The molecule has 0 radical (unpaired) electrons. The maximum absolute atomic E-state index is 12.3. The molecule has 4 heteroatoms. The van der Waals surface area contributed by atoms with Crippen molar-refractivity contribution in [3.05, 3.63) is 35.4 Å². The Labute approximate surface area is 113 Å². The van der Waals surface area contributed by atoms with Gasteiger partial charge in [0.2, 0.25) is 0 Å². The Kier molecular flexibility index (Phi) is 5.85. The Bertz CT molecular complexity index is 368. The molecule has 0 saturated heterocycles. The zero-order valence-corrected chi connectivity index (χ0v) is 11.7. The molecule has 0 saturated carbocycles. The molecule has 0 aromatic heterocycles. The summed E-state index contributed by atoms with van der Waals surface area (Å²) < 4.78 is 36.9. The van der Waals surface area contributed by atoms with Gasteiger partial charge in [-0.25, -0.2) is 0 Å². The van der Waals surface area contributed by atoms with Crippen molar-refractivity contribution >= 4 is 0 Å². The molecule has 1 atom stereocenters. The maximum Gasteiger partial charge on any atom is 0.389 e. The van der Waals surface area contributed by atoms with Gasteiger partial charge >= 0.3 is 6.18 Å². The molecule has 1 nitrogen and oxygen atoms in total. The minimum Gasteiger partial charge on any atom is -0.310 e. The highest BCUT2D eigenvalue weighted by Crippen LogP contribution is 2.28. The lowest BCUT2D eigenvalue weighted by atomic mass is 9.97. The predicted octanol–water partition coefficient (Wildman–Crippen LogP) is 4.80. The van der Waals surface area contributed by atoms with E-state index in [1.165, 1.54) is 5.56 Å². The predicted molar refractivity (Wildman–Crippen MR) is 72.2 cm³/mol.